The summed E-state index contributed by atoms with van der Waals surface area (Å²) >= 11 is 5.32. The average Bonchev–Trinajstić information content (AvgIpc) is 2.86. The Hall–Kier alpha value is -1.17. The zero-order valence-electron chi connectivity index (χ0n) is 10.9. The number of nitrogens with zero attached hydrogens (tertiary/aromatic N) is 1. The summed E-state index contributed by atoms with van der Waals surface area (Å²) in [6.07, 6.45) is 6.37. The Balaban J connectivity index is 1.85. The van der Waals surface area contributed by atoms with Gasteiger partial charge in [0.2, 0.25) is 5.91 Å². The third kappa shape index (κ3) is 2.02. The molecular formula is C13H19N3O2S. The van der Waals surface area contributed by atoms with Crippen molar-refractivity contribution in [2.75, 3.05) is 6.54 Å². The molecule has 3 fully saturated rings. The van der Waals surface area contributed by atoms with Gasteiger partial charge in [-0.05, 0) is 44.3 Å². The summed E-state index contributed by atoms with van der Waals surface area (Å²) in [5.41, 5.74) is -0.510. The molecule has 0 aromatic carbocycles. The molecule has 0 bridgehead atoms. The molecular weight excluding hydrogens is 262 g/mol. The van der Waals surface area contributed by atoms with Gasteiger partial charge in [-0.3, -0.25) is 14.5 Å². The summed E-state index contributed by atoms with van der Waals surface area (Å²) in [4.78, 5) is 26.3. The number of amides is 2. The monoisotopic (exact) mass is 281 g/mol. The SMILES string of the molecule is O=C1NCCCCC1N1C(=O)C2(CCCC2)NC1=S. The average molecular weight is 281 g/mol. The van der Waals surface area contributed by atoms with Crippen LogP contribution in [-0.2, 0) is 9.59 Å². The van der Waals surface area contributed by atoms with E-state index in [-0.39, 0.29) is 11.8 Å². The van der Waals surface area contributed by atoms with Gasteiger partial charge in [0.05, 0.1) is 0 Å². The van der Waals surface area contributed by atoms with Crippen molar-refractivity contribution in [1.29, 1.82) is 0 Å². The highest BCUT2D eigenvalue weighted by atomic mass is 32.1. The number of carbonyl (C=O) groups is 2. The highest BCUT2D eigenvalue weighted by molar-refractivity contribution is 7.80. The van der Waals surface area contributed by atoms with Crippen LogP contribution in [0.25, 0.3) is 0 Å². The van der Waals surface area contributed by atoms with Crippen molar-refractivity contribution < 1.29 is 9.59 Å². The van der Waals surface area contributed by atoms with Crippen LogP contribution in [0.5, 0.6) is 0 Å². The molecule has 6 heteroatoms. The third-order valence-corrected chi connectivity index (χ3v) is 4.77. The topological polar surface area (TPSA) is 61.4 Å². The Kier molecular flexibility index (Phi) is 3.20. The lowest BCUT2D eigenvalue weighted by atomic mass is 9.97. The van der Waals surface area contributed by atoms with Gasteiger partial charge in [-0.2, -0.15) is 0 Å². The largest absolute Gasteiger partial charge is 0.354 e. The number of hydrogen-bond donors (Lipinski definition) is 2. The predicted octanol–water partition coefficient (Wildman–Crippen LogP) is 0.685. The Morgan fingerprint density at radius 1 is 1.16 bits per heavy atom. The van der Waals surface area contributed by atoms with Crippen LogP contribution >= 0.6 is 12.2 Å². The van der Waals surface area contributed by atoms with Crippen LogP contribution in [0.15, 0.2) is 0 Å². The maximum atomic E-state index is 12.7. The lowest BCUT2D eigenvalue weighted by molar-refractivity contribution is -0.137. The molecule has 0 aromatic rings. The Labute approximate surface area is 118 Å². The van der Waals surface area contributed by atoms with Crippen molar-refractivity contribution >= 4 is 29.1 Å². The zero-order chi connectivity index (χ0) is 13.5. The minimum atomic E-state index is -0.510. The van der Waals surface area contributed by atoms with Gasteiger partial charge in [0.1, 0.15) is 11.6 Å². The molecule has 1 unspecified atom stereocenters. The minimum absolute atomic E-state index is 0.0112. The van der Waals surface area contributed by atoms with Gasteiger partial charge < -0.3 is 10.6 Å². The summed E-state index contributed by atoms with van der Waals surface area (Å²) < 4.78 is 0. The summed E-state index contributed by atoms with van der Waals surface area (Å²) in [5, 5.41) is 6.51. The Morgan fingerprint density at radius 2 is 1.89 bits per heavy atom. The highest BCUT2D eigenvalue weighted by Crippen LogP contribution is 2.36. The molecule has 2 saturated heterocycles. The fourth-order valence-electron chi connectivity index (χ4n) is 3.41. The number of rotatable bonds is 1. The van der Waals surface area contributed by atoms with Crippen LogP contribution in [0.4, 0.5) is 0 Å². The highest BCUT2D eigenvalue weighted by Gasteiger charge is 2.53. The van der Waals surface area contributed by atoms with Crippen molar-refractivity contribution in [3.05, 3.63) is 0 Å². The normalized spacial score (nSPS) is 30.4. The van der Waals surface area contributed by atoms with E-state index in [4.69, 9.17) is 12.2 Å². The molecule has 2 N–H and O–H groups in total. The second-order valence-corrected chi connectivity index (χ2v) is 6.08. The molecule has 3 aliphatic rings. The molecule has 2 aliphatic heterocycles. The first kappa shape index (κ1) is 12.8. The van der Waals surface area contributed by atoms with Gasteiger partial charge in [-0.15, -0.1) is 0 Å². The van der Waals surface area contributed by atoms with Crippen molar-refractivity contribution in [1.82, 2.24) is 15.5 Å². The molecule has 1 atom stereocenters. The lowest BCUT2D eigenvalue weighted by Crippen LogP contribution is -2.50. The number of thiocarbonyl (C=S) groups is 1. The van der Waals surface area contributed by atoms with Gasteiger partial charge in [0.25, 0.3) is 5.91 Å². The minimum Gasteiger partial charge on any atom is -0.354 e. The number of carbonyl (C=O) groups excluding carboxylic acids is 2. The predicted molar refractivity (Wildman–Crippen MR) is 74.4 cm³/mol. The molecule has 0 radical (unpaired) electrons. The zero-order valence-corrected chi connectivity index (χ0v) is 11.7. The van der Waals surface area contributed by atoms with E-state index < -0.39 is 11.6 Å². The van der Waals surface area contributed by atoms with Crippen molar-refractivity contribution in [2.24, 2.45) is 0 Å². The van der Waals surface area contributed by atoms with E-state index in [0.29, 0.717) is 18.1 Å². The fourth-order valence-corrected chi connectivity index (χ4v) is 3.82. The van der Waals surface area contributed by atoms with Gasteiger partial charge >= 0.3 is 0 Å². The van der Waals surface area contributed by atoms with E-state index in [1.165, 1.54) is 0 Å². The first-order valence-electron chi connectivity index (χ1n) is 7.08. The molecule has 1 aliphatic carbocycles. The second-order valence-electron chi connectivity index (χ2n) is 5.70. The Bertz CT molecular complexity index is 432. The van der Waals surface area contributed by atoms with E-state index in [1.54, 1.807) is 4.90 Å². The van der Waals surface area contributed by atoms with E-state index in [9.17, 15) is 9.59 Å². The molecule has 2 heterocycles. The molecule has 0 aromatic heterocycles. The molecule has 3 rings (SSSR count). The quantitative estimate of drug-likeness (QED) is 0.694. The van der Waals surface area contributed by atoms with Crippen LogP contribution in [-0.4, -0.2) is 40.0 Å². The molecule has 2 amide bonds. The van der Waals surface area contributed by atoms with E-state index in [1.807, 2.05) is 0 Å². The standard InChI is InChI=1S/C13H19N3O2S/c17-10-9(5-1-4-8-14-10)16-11(18)13(15-12(16)19)6-2-3-7-13/h9H,1-8H2,(H,14,17)(H,15,19). The Morgan fingerprint density at radius 3 is 2.63 bits per heavy atom. The van der Waals surface area contributed by atoms with Crippen LogP contribution < -0.4 is 10.6 Å². The summed E-state index contributed by atoms with van der Waals surface area (Å²) in [6.45, 7) is 0.697. The van der Waals surface area contributed by atoms with Crippen molar-refractivity contribution in [3.8, 4) is 0 Å². The van der Waals surface area contributed by atoms with Crippen LogP contribution in [0, 0.1) is 0 Å². The summed E-state index contributed by atoms with van der Waals surface area (Å²) in [6, 6.07) is -0.421. The van der Waals surface area contributed by atoms with E-state index >= 15 is 0 Å². The van der Waals surface area contributed by atoms with E-state index in [2.05, 4.69) is 10.6 Å². The second kappa shape index (κ2) is 4.74. The summed E-state index contributed by atoms with van der Waals surface area (Å²) in [7, 11) is 0. The van der Waals surface area contributed by atoms with Gasteiger partial charge in [-0.25, -0.2) is 0 Å². The maximum absolute atomic E-state index is 12.7. The van der Waals surface area contributed by atoms with Gasteiger partial charge in [0, 0.05) is 6.54 Å². The third-order valence-electron chi connectivity index (χ3n) is 4.47. The van der Waals surface area contributed by atoms with Crippen LogP contribution in [0.3, 0.4) is 0 Å². The smallest absolute Gasteiger partial charge is 0.255 e. The number of nitrogens with one attached hydrogen (secondary N) is 2. The van der Waals surface area contributed by atoms with Crippen LogP contribution in [0.1, 0.15) is 44.9 Å². The van der Waals surface area contributed by atoms with E-state index in [0.717, 1.165) is 38.5 Å². The van der Waals surface area contributed by atoms with Crippen molar-refractivity contribution in [3.63, 3.8) is 0 Å². The maximum Gasteiger partial charge on any atom is 0.255 e. The molecule has 104 valence electrons. The lowest BCUT2D eigenvalue weighted by Gasteiger charge is -2.25. The van der Waals surface area contributed by atoms with Gasteiger partial charge in [0.15, 0.2) is 5.11 Å². The summed E-state index contributed by atoms with van der Waals surface area (Å²) in [5.74, 6) is -0.0536. The van der Waals surface area contributed by atoms with Gasteiger partial charge in [-0.1, -0.05) is 12.8 Å². The van der Waals surface area contributed by atoms with Crippen molar-refractivity contribution in [2.45, 2.75) is 56.5 Å². The number of hydrogen-bond acceptors (Lipinski definition) is 3. The molecule has 1 spiro atoms. The molecule has 1 saturated carbocycles. The van der Waals surface area contributed by atoms with Crippen LogP contribution in [0.2, 0.25) is 0 Å². The first-order valence-corrected chi connectivity index (χ1v) is 7.48. The molecule has 19 heavy (non-hydrogen) atoms. The fraction of sp³-hybridized carbons (Fsp3) is 0.769. The first-order chi connectivity index (χ1) is 9.14. The molecule has 5 nitrogen and oxygen atoms in total.